The van der Waals surface area contributed by atoms with Gasteiger partial charge in [0.2, 0.25) is 0 Å². The fraction of sp³-hybridized carbons (Fsp3) is 0.600. The number of imidazole rings is 1. The molecule has 0 saturated heterocycles. The van der Waals surface area contributed by atoms with Crippen LogP contribution < -0.4 is 5.69 Å². The van der Waals surface area contributed by atoms with Crippen molar-refractivity contribution in [1.82, 2.24) is 9.13 Å². The van der Waals surface area contributed by atoms with Crippen molar-refractivity contribution in [3.63, 3.8) is 0 Å². The van der Waals surface area contributed by atoms with Crippen LogP contribution in [0.15, 0.2) is 17.2 Å². The molecule has 1 rings (SSSR count). The Kier molecular flexibility index (Phi) is 3.89. The van der Waals surface area contributed by atoms with Crippen LogP contribution in [0.3, 0.4) is 0 Å². The molecule has 0 bridgehead atoms. The molecule has 2 N–H and O–H groups in total. The summed E-state index contributed by atoms with van der Waals surface area (Å²) in [6, 6.07) is 0.0466. The van der Waals surface area contributed by atoms with Gasteiger partial charge in [-0.1, -0.05) is 0 Å². The summed E-state index contributed by atoms with van der Waals surface area (Å²) in [5.41, 5.74) is -0.237. The monoisotopic (exact) mass is 228 g/mol. The Morgan fingerprint density at radius 3 is 2.50 bits per heavy atom. The second kappa shape index (κ2) is 4.98. The molecular weight excluding hydrogens is 212 g/mol. The van der Waals surface area contributed by atoms with Gasteiger partial charge in [0.15, 0.2) is 0 Å². The van der Waals surface area contributed by atoms with Crippen LogP contribution in [0.5, 0.6) is 0 Å². The van der Waals surface area contributed by atoms with Crippen LogP contribution in [0.25, 0.3) is 0 Å². The molecular formula is C10H16N2O4. The molecule has 0 fully saturated rings. The summed E-state index contributed by atoms with van der Waals surface area (Å²) in [6.45, 7) is 3.75. The standard InChI is InChI=1S/C10H16N2O4/c1-7(2)12-4-3-11(10(12)16)6-8(13)5-9(14)15/h3-4,7-8,13H,5-6H2,1-2H3,(H,14,15). The molecule has 6 nitrogen and oxygen atoms in total. The quantitative estimate of drug-likeness (QED) is 0.746. The van der Waals surface area contributed by atoms with Crippen LogP contribution in [0.2, 0.25) is 0 Å². The molecule has 6 heteroatoms. The summed E-state index contributed by atoms with van der Waals surface area (Å²) in [7, 11) is 0. The topological polar surface area (TPSA) is 84.5 Å². The predicted molar refractivity (Wildman–Crippen MR) is 57.3 cm³/mol. The molecule has 0 spiro atoms. The first-order chi connectivity index (χ1) is 7.41. The van der Waals surface area contributed by atoms with E-state index in [4.69, 9.17) is 5.11 Å². The van der Waals surface area contributed by atoms with Gasteiger partial charge in [-0.3, -0.25) is 13.9 Å². The van der Waals surface area contributed by atoms with Crippen molar-refractivity contribution in [3.8, 4) is 0 Å². The number of hydrogen-bond donors (Lipinski definition) is 2. The number of aliphatic hydroxyl groups excluding tert-OH is 1. The van der Waals surface area contributed by atoms with Crippen molar-refractivity contribution in [2.45, 2.75) is 39.0 Å². The van der Waals surface area contributed by atoms with Crippen LogP contribution in [0.4, 0.5) is 0 Å². The zero-order chi connectivity index (χ0) is 12.3. The van der Waals surface area contributed by atoms with E-state index < -0.39 is 12.1 Å². The van der Waals surface area contributed by atoms with Crippen molar-refractivity contribution < 1.29 is 15.0 Å². The lowest BCUT2D eigenvalue weighted by atomic mass is 10.2. The highest BCUT2D eigenvalue weighted by Gasteiger charge is 2.13. The second-order valence-corrected chi connectivity index (χ2v) is 3.99. The van der Waals surface area contributed by atoms with Crippen molar-refractivity contribution in [1.29, 1.82) is 0 Å². The lowest BCUT2D eigenvalue weighted by Gasteiger charge is -2.08. The number of aliphatic hydroxyl groups is 1. The van der Waals surface area contributed by atoms with Gasteiger partial charge >= 0.3 is 11.7 Å². The maximum atomic E-state index is 11.7. The fourth-order valence-corrected chi connectivity index (χ4v) is 1.45. The van der Waals surface area contributed by atoms with Gasteiger partial charge in [-0.15, -0.1) is 0 Å². The highest BCUT2D eigenvalue weighted by atomic mass is 16.4. The Balaban J connectivity index is 2.75. The molecule has 1 aromatic rings. The number of carboxylic acids is 1. The average molecular weight is 228 g/mol. The molecule has 90 valence electrons. The van der Waals surface area contributed by atoms with Crippen LogP contribution in [-0.2, 0) is 11.3 Å². The first-order valence-corrected chi connectivity index (χ1v) is 5.09. The Morgan fingerprint density at radius 2 is 2.06 bits per heavy atom. The second-order valence-electron chi connectivity index (χ2n) is 3.99. The molecule has 0 radical (unpaired) electrons. The van der Waals surface area contributed by atoms with E-state index in [1.165, 1.54) is 9.13 Å². The number of aliphatic carboxylic acids is 1. The minimum Gasteiger partial charge on any atom is -0.481 e. The molecule has 1 heterocycles. The van der Waals surface area contributed by atoms with Gasteiger partial charge in [-0.05, 0) is 13.8 Å². The lowest BCUT2D eigenvalue weighted by Crippen LogP contribution is -2.30. The summed E-state index contributed by atoms with van der Waals surface area (Å²) in [5.74, 6) is -1.08. The smallest absolute Gasteiger partial charge is 0.328 e. The molecule has 1 unspecified atom stereocenters. The number of aromatic nitrogens is 2. The molecule has 0 saturated carbocycles. The minimum absolute atomic E-state index is 0.00481. The molecule has 0 amide bonds. The van der Waals surface area contributed by atoms with Gasteiger partial charge in [0.1, 0.15) is 0 Å². The molecule has 0 aromatic carbocycles. The van der Waals surface area contributed by atoms with Gasteiger partial charge in [-0.25, -0.2) is 4.79 Å². The van der Waals surface area contributed by atoms with Gasteiger partial charge in [0, 0.05) is 18.4 Å². The van der Waals surface area contributed by atoms with Crippen molar-refractivity contribution >= 4 is 5.97 Å². The van der Waals surface area contributed by atoms with Crippen molar-refractivity contribution in [3.05, 3.63) is 22.9 Å². The third-order valence-corrected chi connectivity index (χ3v) is 2.25. The third kappa shape index (κ3) is 2.96. The normalized spacial score (nSPS) is 13.0. The highest BCUT2D eigenvalue weighted by Crippen LogP contribution is 2.01. The highest BCUT2D eigenvalue weighted by molar-refractivity contribution is 5.67. The summed E-state index contributed by atoms with van der Waals surface area (Å²) in [5, 5.41) is 17.9. The Hall–Kier alpha value is -1.56. The van der Waals surface area contributed by atoms with Gasteiger partial charge in [0.05, 0.1) is 19.1 Å². The summed E-state index contributed by atoms with van der Waals surface area (Å²) in [6.07, 6.45) is 1.77. The first-order valence-electron chi connectivity index (χ1n) is 5.09. The van der Waals surface area contributed by atoms with E-state index in [1.807, 2.05) is 13.8 Å². The molecule has 1 atom stereocenters. The number of hydrogen-bond acceptors (Lipinski definition) is 3. The zero-order valence-corrected chi connectivity index (χ0v) is 9.33. The minimum atomic E-state index is -1.08. The van der Waals surface area contributed by atoms with E-state index in [2.05, 4.69) is 0 Å². The lowest BCUT2D eigenvalue weighted by molar-refractivity contribution is -0.139. The van der Waals surface area contributed by atoms with Gasteiger partial charge in [0.25, 0.3) is 0 Å². The maximum Gasteiger partial charge on any atom is 0.328 e. The molecule has 1 aromatic heterocycles. The molecule has 0 aliphatic heterocycles. The van der Waals surface area contributed by atoms with E-state index in [0.29, 0.717) is 0 Å². The Labute approximate surface area is 92.7 Å². The summed E-state index contributed by atoms with van der Waals surface area (Å²) < 4.78 is 2.83. The molecule has 16 heavy (non-hydrogen) atoms. The maximum absolute atomic E-state index is 11.7. The first kappa shape index (κ1) is 12.5. The number of rotatable bonds is 5. The van der Waals surface area contributed by atoms with Crippen LogP contribution in [0.1, 0.15) is 26.3 Å². The van der Waals surface area contributed by atoms with E-state index in [9.17, 15) is 14.7 Å². The number of carbonyl (C=O) groups is 1. The van der Waals surface area contributed by atoms with E-state index in [0.717, 1.165) is 0 Å². The SMILES string of the molecule is CC(C)n1ccn(CC(O)CC(=O)O)c1=O. The Bertz CT molecular complexity index is 419. The van der Waals surface area contributed by atoms with Crippen molar-refractivity contribution in [2.24, 2.45) is 0 Å². The Morgan fingerprint density at radius 1 is 1.44 bits per heavy atom. The molecule has 0 aliphatic rings. The molecule has 0 aliphatic carbocycles. The van der Waals surface area contributed by atoms with E-state index in [1.54, 1.807) is 12.4 Å². The number of carboxylic acid groups (broad SMARTS) is 1. The van der Waals surface area contributed by atoms with E-state index >= 15 is 0 Å². The van der Waals surface area contributed by atoms with Crippen molar-refractivity contribution in [2.75, 3.05) is 0 Å². The fourth-order valence-electron chi connectivity index (χ4n) is 1.45. The summed E-state index contributed by atoms with van der Waals surface area (Å²) >= 11 is 0. The zero-order valence-electron chi connectivity index (χ0n) is 9.33. The van der Waals surface area contributed by atoms with E-state index in [-0.39, 0.29) is 24.7 Å². The average Bonchev–Trinajstić information content (AvgIpc) is 2.46. The van der Waals surface area contributed by atoms with Gasteiger partial charge < -0.3 is 10.2 Å². The third-order valence-electron chi connectivity index (χ3n) is 2.25. The number of nitrogens with zero attached hydrogens (tertiary/aromatic N) is 2. The van der Waals surface area contributed by atoms with Gasteiger partial charge in [-0.2, -0.15) is 0 Å². The largest absolute Gasteiger partial charge is 0.481 e. The van der Waals surface area contributed by atoms with Crippen LogP contribution in [-0.4, -0.2) is 31.4 Å². The van der Waals surface area contributed by atoms with Crippen LogP contribution >= 0.6 is 0 Å². The van der Waals surface area contributed by atoms with Crippen LogP contribution in [0, 0.1) is 0 Å². The predicted octanol–water partition coefficient (Wildman–Crippen LogP) is 0.0663. The summed E-state index contributed by atoms with van der Waals surface area (Å²) in [4.78, 5) is 22.0.